The van der Waals surface area contributed by atoms with Crippen molar-refractivity contribution in [3.05, 3.63) is 117 Å². The van der Waals surface area contributed by atoms with Crippen LogP contribution in [0.25, 0.3) is 0 Å². The quantitative estimate of drug-likeness (QED) is 0.123. The first kappa shape index (κ1) is 40.9. The first-order chi connectivity index (χ1) is 22.9. The molecule has 0 bridgehead atoms. The molecule has 0 saturated heterocycles. The van der Waals surface area contributed by atoms with Crippen LogP contribution >= 0.6 is 0 Å². The van der Waals surface area contributed by atoms with E-state index in [-0.39, 0.29) is 23.4 Å². The van der Waals surface area contributed by atoms with E-state index in [2.05, 4.69) is 97.9 Å². The van der Waals surface area contributed by atoms with Crippen molar-refractivity contribution in [2.24, 2.45) is 11.8 Å². The number of hydrogen-bond donors (Lipinski definition) is 0. The molecule has 0 N–H and O–H groups in total. The van der Waals surface area contributed by atoms with E-state index >= 15 is 0 Å². The van der Waals surface area contributed by atoms with Crippen molar-refractivity contribution in [1.82, 2.24) is 0 Å². The molecule has 0 fully saturated rings. The van der Waals surface area contributed by atoms with Gasteiger partial charge in [-0.3, -0.25) is 9.59 Å². The zero-order valence-electron chi connectivity index (χ0n) is 32.0. The van der Waals surface area contributed by atoms with Gasteiger partial charge < -0.3 is 0 Å². The average molecular weight is 651 g/mol. The summed E-state index contributed by atoms with van der Waals surface area (Å²) in [5.74, 6) is -0.426. The lowest BCUT2D eigenvalue weighted by atomic mass is 9.72. The molecule has 2 nitrogen and oxygen atoms in total. The molecule has 2 unspecified atom stereocenters. The maximum absolute atomic E-state index is 13.1. The Kier molecular flexibility index (Phi) is 19.1. The topological polar surface area (TPSA) is 34.1 Å². The minimum atomic E-state index is -0.323. The smallest absolute Gasteiger partial charge is 0.167 e. The average Bonchev–Trinajstić information content (AvgIpc) is 3.03. The van der Waals surface area contributed by atoms with Gasteiger partial charge in [-0.25, -0.2) is 0 Å². The van der Waals surface area contributed by atoms with Crippen LogP contribution in [0.4, 0.5) is 0 Å². The van der Waals surface area contributed by atoms with E-state index in [9.17, 15) is 9.59 Å². The van der Waals surface area contributed by atoms with Gasteiger partial charge in [0.2, 0.25) is 0 Å². The van der Waals surface area contributed by atoms with Crippen LogP contribution in [0.2, 0.25) is 0 Å². The van der Waals surface area contributed by atoms with Crippen molar-refractivity contribution < 1.29 is 9.59 Å². The van der Waals surface area contributed by atoms with Crippen molar-refractivity contribution in [2.75, 3.05) is 0 Å². The minimum absolute atomic E-state index is 0.0976. The monoisotopic (exact) mass is 651 g/mol. The van der Waals surface area contributed by atoms with Crippen molar-refractivity contribution in [1.29, 1.82) is 0 Å². The molecule has 0 aromatic carbocycles. The summed E-state index contributed by atoms with van der Waals surface area (Å²) >= 11 is 0. The Hall–Kier alpha value is -3.26. The second-order valence-electron chi connectivity index (χ2n) is 14.7. The van der Waals surface area contributed by atoms with Crippen molar-refractivity contribution in [3.63, 3.8) is 0 Å². The van der Waals surface area contributed by atoms with E-state index in [1.54, 1.807) is 0 Å². The third-order valence-electron chi connectivity index (χ3n) is 9.76. The lowest BCUT2D eigenvalue weighted by Crippen LogP contribution is -2.35. The summed E-state index contributed by atoms with van der Waals surface area (Å²) < 4.78 is 0. The second kappa shape index (κ2) is 22.4. The molecule has 2 aliphatic carbocycles. The first-order valence-electron chi connectivity index (χ1n) is 18.6. The normalized spacial score (nSPS) is 19.8. The van der Waals surface area contributed by atoms with Crippen LogP contribution in [-0.2, 0) is 9.59 Å². The summed E-state index contributed by atoms with van der Waals surface area (Å²) in [6.07, 6.45) is 38.0. The number of fused-ring (bicyclic) bond motifs is 1. The second-order valence-corrected chi connectivity index (χ2v) is 14.7. The molecule has 0 aromatic heterocycles. The Morgan fingerprint density at radius 3 is 1.15 bits per heavy atom. The summed E-state index contributed by atoms with van der Waals surface area (Å²) in [6, 6.07) is 0. The van der Waals surface area contributed by atoms with Gasteiger partial charge in [0.25, 0.3) is 0 Å². The zero-order chi connectivity index (χ0) is 35.5. The van der Waals surface area contributed by atoms with Crippen molar-refractivity contribution >= 4 is 11.6 Å². The van der Waals surface area contributed by atoms with Crippen LogP contribution < -0.4 is 0 Å². The molecular weight excluding hydrogens is 585 g/mol. The third kappa shape index (κ3) is 15.8. The number of hydrogen-bond acceptors (Lipinski definition) is 2. The van der Waals surface area contributed by atoms with Crippen LogP contribution in [0.15, 0.2) is 117 Å². The molecule has 0 saturated carbocycles. The van der Waals surface area contributed by atoms with Crippen LogP contribution in [0.1, 0.15) is 146 Å². The lowest BCUT2D eigenvalue weighted by molar-refractivity contribution is -0.127. The van der Waals surface area contributed by atoms with Gasteiger partial charge in [0.05, 0.1) is 11.8 Å². The number of rotatable bonds is 20. The summed E-state index contributed by atoms with van der Waals surface area (Å²) in [6.45, 7) is 19.6. The predicted molar refractivity (Wildman–Crippen MR) is 210 cm³/mol. The highest BCUT2D eigenvalue weighted by Crippen LogP contribution is 2.34. The van der Waals surface area contributed by atoms with Gasteiger partial charge in [-0.15, -0.1) is 0 Å². The SMILES string of the molecule is CC(C)=CCC/C(C)=C/CC/C(C)=C/CC/C(C)=C/CC/C(C)=C/CC/C(C)=C/CC/C(C)=C/CC1=C(C)C(=O)C2C=CC=CC2C1=O. The summed E-state index contributed by atoms with van der Waals surface area (Å²) in [5.41, 5.74) is 11.5. The molecule has 2 aliphatic rings. The lowest BCUT2D eigenvalue weighted by Gasteiger charge is -2.29. The Balaban J connectivity index is 1.64. The Labute approximate surface area is 295 Å². The highest BCUT2D eigenvalue weighted by molar-refractivity contribution is 6.15. The Morgan fingerprint density at radius 1 is 0.479 bits per heavy atom. The van der Waals surface area contributed by atoms with Crippen LogP contribution in [0.3, 0.4) is 0 Å². The fourth-order valence-electron chi connectivity index (χ4n) is 6.35. The molecule has 0 radical (unpaired) electrons. The van der Waals surface area contributed by atoms with E-state index < -0.39 is 0 Å². The molecule has 2 rings (SSSR count). The van der Waals surface area contributed by atoms with Gasteiger partial charge in [-0.1, -0.05) is 106 Å². The van der Waals surface area contributed by atoms with Gasteiger partial charge in [-0.2, -0.15) is 0 Å². The number of Topliss-reactive ketones (excluding diaryl/α,β-unsaturated/α-hetero) is 2. The molecule has 2 heteroatoms. The van der Waals surface area contributed by atoms with Crippen molar-refractivity contribution in [3.8, 4) is 0 Å². The maximum Gasteiger partial charge on any atom is 0.167 e. The van der Waals surface area contributed by atoms with E-state index in [4.69, 9.17) is 0 Å². The summed E-state index contributed by atoms with van der Waals surface area (Å²) in [7, 11) is 0. The van der Waals surface area contributed by atoms with E-state index in [0.717, 1.165) is 64.2 Å². The van der Waals surface area contributed by atoms with Crippen LogP contribution in [0, 0.1) is 11.8 Å². The molecule has 2 atom stereocenters. The number of ketones is 2. The molecule has 0 aromatic rings. The van der Waals surface area contributed by atoms with Gasteiger partial charge in [-0.05, 0) is 151 Å². The number of carbonyl (C=O) groups excluding carboxylic acids is 2. The molecule has 262 valence electrons. The van der Waals surface area contributed by atoms with Gasteiger partial charge >= 0.3 is 0 Å². The molecule has 0 aliphatic heterocycles. The molecule has 0 heterocycles. The highest BCUT2D eigenvalue weighted by atomic mass is 16.1. The Bertz CT molecular complexity index is 1400. The predicted octanol–water partition coefficient (Wildman–Crippen LogP) is 13.5. The molecular formula is C46H66O2. The zero-order valence-corrected chi connectivity index (χ0v) is 32.0. The summed E-state index contributed by atoms with van der Waals surface area (Å²) in [4.78, 5) is 25.9. The van der Waals surface area contributed by atoms with Crippen LogP contribution in [-0.4, -0.2) is 11.6 Å². The van der Waals surface area contributed by atoms with E-state index in [0.29, 0.717) is 17.6 Å². The number of allylic oxidation sites excluding steroid dienone is 20. The van der Waals surface area contributed by atoms with Crippen molar-refractivity contribution in [2.45, 2.75) is 146 Å². The van der Waals surface area contributed by atoms with Gasteiger partial charge in [0.15, 0.2) is 11.6 Å². The highest BCUT2D eigenvalue weighted by Gasteiger charge is 2.38. The maximum atomic E-state index is 13.1. The fraction of sp³-hybridized carbons (Fsp3) is 0.522. The van der Waals surface area contributed by atoms with Gasteiger partial charge in [0, 0.05) is 5.57 Å². The standard InChI is InChI=1S/C46H66O2/c1-34(2)18-12-19-35(3)20-13-21-36(4)22-14-23-37(5)24-15-25-38(6)26-16-27-39(7)28-17-29-40(8)32-33-42-41(9)45(47)43-30-10-11-31-44(43)46(42)48/h10-11,18,20,22,24,26,28,30-32,43-44H,12-17,19,21,23,25,27,29,33H2,1-9H3/b35-20+,36-22+,37-24+,38-26+,39-28+,40-32+. The molecule has 0 amide bonds. The van der Waals surface area contributed by atoms with Crippen LogP contribution in [0.5, 0.6) is 0 Å². The minimum Gasteiger partial charge on any atom is -0.294 e. The third-order valence-corrected chi connectivity index (χ3v) is 9.76. The fourth-order valence-corrected chi connectivity index (χ4v) is 6.35. The molecule has 0 spiro atoms. The van der Waals surface area contributed by atoms with E-state index in [1.165, 1.54) is 51.9 Å². The largest absolute Gasteiger partial charge is 0.294 e. The molecule has 48 heavy (non-hydrogen) atoms. The first-order valence-corrected chi connectivity index (χ1v) is 18.6. The number of carbonyl (C=O) groups is 2. The van der Waals surface area contributed by atoms with Gasteiger partial charge in [0.1, 0.15) is 0 Å². The van der Waals surface area contributed by atoms with E-state index in [1.807, 2.05) is 31.2 Å². The Morgan fingerprint density at radius 2 is 0.792 bits per heavy atom. The summed E-state index contributed by atoms with van der Waals surface area (Å²) in [5, 5.41) is 0.